The summed E-state index contributed by atoms with van der Waals surface area (Å²) in [6.45, 7) is 3.00. The Balaban J connectivity index is 1.83. The number of rotatable bonds is 5. The van der Waals surface area contributed by atoms with E-state index in [1.54, 1.807) is 0 Å². The molecule has 1 aliphatic rings. The Hall–Kier alpha value is -0.610. The van der Waals surface area contributed by atoms with Crippen LogP contribution in [0.1, 0.15) is 12.8 Å². The first-order chi connectivity index (χ1) is 5.29. The van der Waals surface area contributed by atoms with Gasteiger partial charge in [0.25, 0.3) is 0 Å². The molecular weight excluding hydrogens is 142 g/mol. The molecular formula is C7H15N3O. The molecule has 1 saturated heterocycles. The third kappa shape index (κ3) is 3.34. The summed E-state index contributed by atoms with van der Waals surface area (Å²) in [7, 11) is 0. The zero-order chi connectivity index (χ0) is 8.10. The highest BCUT2D eigenvalue weighted by Crippen LogP contribution is 1.91. The molecule has 64 valence electrons. The molecule has 0 unspecified atom stereocenters. The summed E-state index contributed by atoms with van der Waals surface area (Å²) >= 11 is 0. The molecule has 1 fully saturated rings. The number of amides is 1. The van der Waals surface area contributed by atoms with Gasteiger partial charge in [0, 0.05) is 25.6 Å². The van der Waals surface area contributed by atoms with Crippen LogP contribution >= 0.6 is 0 Å². The largest absolute Gasteiger partial charge is 0.370 e. The highest BCUT2D eigenvalue weighted by molar-refractivity contribution is 5.73. The SMILES string of the molecule is NC(=O)CCCNC1CNC1. The van der Waals surface area contributed by atoms with E-state index in [1.807, 2.05) is 0 Å². The average molecular weight is 157 g/mol. The molecule has 0 aromatic heterocycles. The van der Waals surface area contributed by atoms with E-state index >= 15 is 0 Å². The van der Waals surface area contributed by atoms with Crippen molar-refractivity contribution in [2.24, 2.45) is 5.73 Å². The summed E-state index contributed by atoms with van der Waals surface area (Å²) < 4.78 is 0. The second-order valence-electron chi connectivity index (χ2n) is 2.88. The minimum absolute atomic E-state index is 0.210. The number of carbonyl (C=O) groups is 1. The van der Waals surface area contributed by atoms with Gasteiger partial charge in [-0.1, -0.05) is 0 Å². The van der Waals surface area contributed by atoms with Crippen molar-refractivity contribution in [3.63, 3.8) is 0 Å². The van der Waals surface area contributed by atoms with E-state index < -0.39 is 0 Å². The molecule has 1 rings (SSSR count). The lowest BCUT2D eigenvalue weighted by atomic mass is 10.2. The molecule has 0 spiro atoms. The normalized spacial score (nSPS) is 17.8. The van der Waals surface area contributed by atoms with E-state index in [2.05, 4.69) is 10.6 Å². The Morgan fingerprint density at radius 3 is 2.82 bits per heavy atom. The lowest BCUT2D eigenvalue weighted by Crippen LogP contribution is -2.55. The van der Waals surface area contributed by atoms with Crippen molar-refractivity contribution in [3.05, 3.63) is 0 Å². The van der Waals surface area contributed by atoms with Crippen LogP contribution in [0, 0.1) is 0 Å². The Labute approximate surface area is 66.5 Å². The molecule has 11 heavy (non-hydrogen) atoms. The van der Waals surface area contributed by atoms with Gasteiger partial charge in [-0.15, -0.1) is 0 Å². The summed E-state index contributed by atoms with van der Waals surface area (Å²) in [6, 6.07) is 0.614. The van der Waals surface area contributed by atoms with Crippen LogP contribution in [0.25, 0.3) is 0 Å². The number of hydrogen-bond acceptors (Lipinski definition) is 3. The quantitative estimate of drug-likeness (QED) is 0.440. The molecule has 4 N–H and O–H groups in total. The topological polar surface area (TPSA) is 67.2 Å². The maximum atomic E-state index is 10.3. The maximum Gasteiger partial charge on any atom is 0.217 e. The monoisotopic (exact) mass is 157 g/mol. The third-order valence-electron chi connectivity index (χ3n) is 1.81. The summed E-state index contributed by atoms with van der Waals surface area (Å²) in [6.07, 6.45) is 1.35. The van der Waals surface area contributed by atoms with E-state index in [1.165, 1.54) is 0 Å². The van der Waals surface area contributed by atoms with Crippen molar-refractivity contribution in [2.45, 2.75) is 18.9 Å². The number of nitrogens with one attached hydrogen (secondary N) is 2. The van der Waals surface area contributed by atoms with Gasteiger partial charge in [0.2, 0.25) is 5.91 Å². The number of nitrogens with two attached hydrogens (primary N) is 1. The highest BCUT2D eigenvalue weighted by Gasteiger charge is 2.14. The average Bonchev–Trinajstić information content (AvgIpc) is 1.82. The zero-order valence-corrected chi connectivity index (χ0v) is 6.60. The van der Waals surface area contributed by atoms with Crippen LogP contribution in [0.4, 0.5) is 0 Å². The van der Waals surface area contributed by atoms with E-state index in [0.29, 0.717) is 12.5 Å². The molecule has 0 aromatic rings. The van der Waals surface area contributed by atoms with E-state index in [-0.39, 0.29) is 5.91 Å². The molecule has 0 aromatic carbocycles. The summed E-state index contributed by atoms with van der Waals surface area (Å²) in [5.74, 6) is -0.210. The van der Waals surface area contributed by atoms with Crippen LogP contribution < -0.4 is 16.4 Å². The van der Waals surface area contributed by atoms with Crippen molar-refractivity contribution in [2.75, 3.05) is 19.6 Å². The van der Waals surface area contributed by atoms with Crippen LogP contribution in [0.15, 0.2) is 0 Å². The minimum Gasteiger partial charge on any atom is -0.370 e. The van der Waals surface area contributed by atoms with Crippen LogP contribution in [0.5, 0.6) is 0 Å². The van der Waals surface area contributed by atoms with Crippen molar-refractivity contribution >= 4 is 5.91 Å². The molecule has 1 amide bonds. The summed E-state index contributed by atoms with van der Waals surface area (Å²) in [4.78, 5) is 10.3. The first-order valence-electron chi connectivity index (χ1n) is 4.01. The van der Waals surface area contributed by atoms with Gasteiger partial charge < -0.3 is 16.4 Å². The molecule has 0 saturated carbocycles. The van der Waals surface area contributed by atoms with E-state index in [4.69, 9.17) is 5.73 Å². The lowest BCUT2D eigenvalue weighted by molar-refractivity contribution is -0.118. The van der Waals surface area contributed by atoms with Gasteiger partial charge in [-0.05, 0) is 13.0 Å². The van der Waals surface area contributed by atoms with Crippen LogP contribution in [0.3, 0.4) is 0 Å². The first-order valence-corrected chi connectivity index (χ1v) is 4.01. The van der Waals surface area contributed by atoms with Crippen molar-refractivity contribution in [1.82, 2.24) is 10.6 Å². The van der Waals surface area contributed by atoms with Gasteiger partial charge in [0.05, 0.1) is 0 Å². The fraction of sp³-hybridized carbons (Fsp3) is 0.857. The standard InChI is InChI=1S/C7H15N3O/c8-7(11)2-1-3-10-6-4-9-5-6/h6,9-10H,1-5H2,(H2,8,11). The second-order valence-corrected chi connectivity index (χ2v) is 2.88. The molecule has 4 nitrogen and oxygen atoms in total. The van der Waals surface area contributed by atoms with Gasteiger partial charge in [0.1, 0.15) is 0 Å². The first kappa shape index (κ1) is 8.49. The smallest absolute Gasteiger partial charge is 0.217 e. The fourth-order valence-corrected chi connectivity index (χ4v) is 1.00. The molecule has 1 aliphatic heterocycles. The Bertz CT molecular complexity index is 134. The molecule has 0 bridgehead atoms. The second kappa shape index (κ2) is 4.31. The van der Waals surface area contributed by atoms with Crippen LogP contribution in [-0.2, 0) is 4.79 Å². The van der Waals surface area contributed by atoms with Gasteiger partial charge in [-0.3, -0.25) is 4.79 Å². The molecule has 0 atom stereocenters. The number of carbonyl (C=O) groups excluding carboxylic acids is 1. The predicted octanol–water partition coefficient (Wildman–Crippen LogP) is -1.19. The molecule has 4 heteroatoms. The Kier molecular flexibility index (Phi) is 3.32. The van der Waals surface area contributed by atoms with E-state index in [9.17, 15) is 4.79 Å². The Morgan fingerprint density at radius 2 is 2.36 bits per heavy atom. The number of primary amides is 1. The third-order valence-corrected chi connectivity index (χ3v) is 1.81. The Morgan fingerprint density at radius 1 is 1.64 bits per heavy atom. The van der Waals surface area contributed by atoms with Crippen molar-refractivity contribution < 1.29 is 4.79 Å². The van der Waals surface area contributed by atoms with Gasteiger partial charge in [0.15, 0.2) is 0 Å². The van der Waals surface area contributed by atoms with Crippen LogP contribution in [0.2, 0.25) is 0 Å². The number of hydrogen-bond donors (Lipinski definition) is 3. The van der Waals surface area contributed by atoms with Gasteiger partial charge in [-0.2, -0.15) is 0 Å². The minimum atomic E-state index is -0.210. The van der Waals surface area contributed by atoms with Crippen molar-refractivity contribution in [3.8, 4) is 0 Å². The van der Waals surface area contributed by atoms with Crippen LogP contribution in [-0.4, -0.2) is 31.6 Å². The maximum absolute atomic E-state index is 10.3. The summed E-state index contributed by atoms with van der Waals surface area (Å²) in [5, 5.41) is 6.46. The van der Waals surface area contributed by atoms with Gasteiger partial charge in [-0.25, -0.2) is 0 Å². The predicted molar refractivity (Wildman–Crippen MR) is 43.1 cm³/mol. The molecule has 0 aliphatic carbocycles. The summed E-state index contributed by atoms with van der Waals surface area (Å²) in [5.41, 5.74) is 4.98. The lowest BCUT2D eigenvalue weighted by Gasteiger charge is -2.27. The fourth-order valence-electron chi connectivity index (χ4n) is 1.00. The molecule has 1 heterocycles. The highest BCUT2D eigenvalue weighted by atomic mass is 16.1. The zero-order valence-electron chi connectivity index (χ0n) is 6.60. The van der Waals surface area contributed by atoms with Crippen molar-refractivity contribution in [1.29, 1.82) is 0 Å². The van der Waals surface area contributed by atoms with Gasteiger partial charge >= 0.3 is 0 Å². The van der Waals surface area contributed by atoms with E-state index in [0.717, 1.165) is 26.1 Å². The molecule has 0 radical (unpaired) electrons.